The summed E-state index contributed by atoms with van der Waals surface area (Å²) >= 11 is 0. The van der Waals surface area contributed by atoms with Crippen LogP contribution in [0.1, 0.15) is 123 Å². The number of nitrogens with zero attached hydrogens (tertiary/aromatic N) is 4. The molecule has 1 aliphatic carbocycles. The number of nitrogens with one attached hydrogen (secondary N) is 2. The fourth-order valence-electron chi connectivity index (χ4n) is 11.0. The molecule has 11 rings (SSSR count). The van der Waals surface area contributed by atoms with Crippen molar-refractivity contribution < 1.29 is 24.1 Å². The molecule has 7 heterocycles. The van der Waals surface area contributed by atoms with Gasteiger partial charge < -0.3 is 34.2 Å². The average molecular weight is 807 g/mol. The Morgan fingerprint density at radius 3 is 2.33 bits per heavy atom. The molecule has 3 N–H and O–H groups in total. The zero-order chi connectivity index (χ0) is 40.3. The van der Waals surface area contributed by atoms with E-state index in [0.717, 1.165) is 116 Å². The van der Waals surface area contributed by atoms with E-state index in [9.17, 15) is 9.90 Å². The maximum absolute atomic E-state index is 13.4. The predicted molar refractivity (Wildman–Crippen MR) is 229 cm³/mol. The number of likely N-dealkylation sites (tertiary alicyclic amines) is 2. The Morgan fingerprint density at radius 1 is 0.817 bits per heavy atom. The van der Waals surface area contributed by atoms with Crippen LogP contribution in [0.15, 0.2) is 79.1 Å². The molecule has 4 fully saturated rings. The van der Waals surface area contributed by atoms with Gasteiger partial charge in [-0.05, 0) is 98.1 Å². The topological polar surface area (TPSA) is 129 Å². The third kappa shape index (κ3) is 6.80. The lowest BCUT2D eigenvalue weighted by Crippen LogP contribution is -2.43. The van der Waals surface area contributed by atoms with Crippen molar-refractivity contribution in [3.8, 4) is 28.3 Å². The van der Waals surface area contributed by atoms with Crippen molar-refractivity contribution in [1.29, 1.82) is 0 Å². The Morgan fingerprint density at radius 2 is 1.55 bits per heavy atom. The standard InChI is InChI=1S/C49H54N6O5/c1-29-35-17-15-31(38-27-50-46(52-38)40-11-5-19-54(40)48(56)42-13-7-21-58-42)23-33(35)24-34-25-37(29)45(30-9-3-2-4-10-30)60-44-26-32(16-18-36(34)44)39-28-51-47(53-39)41-12-6-20-55(41)49(57)43-14-8-22-59-43/h2-4,9-10,15-18,23-24,26-29,37,40-43,45,49,57H,5-8,11-14,19-22,25H2,1H3,(H,50,52)(H,51,53). The minimum absolute atomic E-state index is 0.0173. The van der Waals surface area contributed by atoms with Gasteiger partial charge in [-0.1, -0.05) is 67.6 Å². The number of aliphatic hydroxyl groups excluding tert-OH is 1. The molecule has 310 valence electrons. The summed E-state index contributed by atoms with van der Waals surface area (Å²) in [6, 6.07) is 24.0. The summed E-state index contributed by atoms with van der Waals surface area (Å²) in [5, 5.41) is 11.2. The van der Waals surface area contributed by atoms with Crippen LogP contribution in [0.5, 0.6) is 5.75 Å². The van der Waals surface area contributed by atoms with E-state index < -0.39 is 6.23 Å². The first-order valence-corrected chi connectivity index (χ1v) is 22.3. The molecule has 1 amide bonds. The van der Waals surface area contributed by atoms with Crippen molar-refractivity contribution in [3.63, 3.8) is 0 Å². The molecule has 8 atom stereocenters. The lowest BCUT2D eigenvalue weighted by molar-refractivity contribution is -0.142. The lowest BCUT2D eigenvalue weighted by atomic mass is 9.78. The second kappa shape index (κ2) is 15.8. The van der Waals surface area contributed by atoms with Crippen LogP contribution >= 0.6 is 0 Å². The van der Waals surface area contributed by atoms with Crippen LogP contribution in [0, 0.1) is 5.92 Å². The number of aromatic amines is 2. The molecule has 2 aromatic heterocycles. The number of hydrogen-bond acceptors (Lipinski definition) is 8. The van der Waals surface area contributed by atoms with Crippen molar-refractivity contribution >= 4 is 17.6 Å². The van der Waals surface area contributed by atoms with Gasteiger partial charge in [0.15, 0.2) is 0 Å². The van der Waals surface area contributed by atoms with E-state index in [1.807, 2.05) is 17.3 Å². The summed E-state index contributed by atoms with van der Waals surface area (Å²) in [7, 11) is 0. The molecule has 3 aromatic carbocycles. The highest BCUT2D eigenvalue weighted by atomic mass is 16.5. The zero-order valence-corrected chi connectivity index (χ0v) is 34.3. The number of hydrogen-bond donors (Lipinski definition) is 3. The molecule has 6 aliphatic rings. The summed E-state index contributed by atoms with van der Waals surface area (Å²) in [4.78, 5) is 34.5. The summed E-state index contributed by atoms with van der Waals surface area (Å²) in [5.41, 5.74) is 10.0. The van der Waals surface area contributed by atoms with Crippen molar-refractivity contribution in [2.75, 3.05) is 26.3 Å². The third-order valence-corrected chi connectivity index (χ3v) is 14.2. The number of carbonyl (C=O) groups excluding carboxylic acids is 1. The molecule has 5 aromatic rings. The fourth-order valence-corrected chi connectivity index (χ4v) is 11.0. The number of ether oxygens (including phenoxy) is 3. The van der Waals surface area contributed by atoms with Crippen LogP contribution in [0.3, 0.4) is 0 Å². The van der Waals surface area contributed by atoms with Gasteiger partial charge in [0.05, 0.1) is 42.0 Å². The average Bonchev–Trinajstić information content (AvgIpc) is 4.14. The number of allylic oxidation sites excluding steroid dienone is 1. The van der Waals surface area contributed by atoms with Gasteiger partial charge in [0, 0.05) is 48.9 Å². The summed E-state index contributed by atoms with van der Waals surface area (Å²) < 4.78 is 18.8. The van der Waals surface area contributed by atoms with Crippen LogP contribution in [0.25, 0.3) is 34.2 Å². The van der Waals surface area contributed by atoms with Crippen LogP contribution < -0.4 is 4.74 Å². The third-order valence-electron chi connectivity index (χ3n) is 14.2. The number of aromatic nitrogens is 4. The first kappa shape index (κ1) is 37.9. The number of imidazole rings is 2. The number of fused-ring (bicyclic) bond motifs is 5. The molecule has 2 bridgehead atoms. The molecule has 0 saturated carbocycles. The van der Waals surface area contributed by atoms with Gasteiger partial charge >= 0.3 is 0 Å². The molecular weight excluding hydrogens is 753 g/mol. The van der Waals surface area contributed by atoms with Gasteiger partial charge in [0.2, 0.25) is 0 Å². The number of benzene rings is 3. The highest BCUT2D eigenvalue weighted by Gasteiger charge is 2.41. The quantitative estimate of drug-likeness (QED) is 0.142. The Hall–Kier alpha value is -5.07. The van der Waals surface area contributed by atoms with Crippen LogP contribution in [-0.4, -0.2) is 85.5 Å². The Bertz CT molecular complexity index is 2400. The number of carbonyl (C=O) groups is 1. The minimum Gasteiger partial charge on any atom is -0.485 e. The van der Waals surface area contributed by atoms with Crippen LogP contribution in [0.2, 0.25) is 0 Å². The summed E-state index contributed by atoms with van der Waals surface area (Å²) in [6.45, 7) is 5.30. The molecule has 0 radical (unpaired) electrons. The number of amides is 1. The van der Waals surface area contributed by atoms with Crippen LogP contribution in [0.4, 0.5) is 0 Å². The zero-order valence-electron chi connectivity index (χ0n) is 34.3. The second-order valence-corrected chi connectivity index (χ2v) is 17.7. The molecule has 5 aliphatic heterocycles. The van der Waals surface area contributed by atoms with Crippen molar-refractivity contribution in [2.24, 2.45) is 5.92 Å². The minimum atomic E-state index is -0.627. The van der Waals surface area contributed by atoms with Gasteiger partial charge in [-0.3, -0.25) is 9.69 Å². The second-order valence-electron chi connectivity index (χ2n) is 17.7. The first-order valence-electron chi connectivity index (χ1n) is 22.3. The molecule has 8 unspecified atom stereocenters. The van der Waals surface area contributed by atoms with Gasteiger partial charge in [-0.2, -0.15) is 0 Å². The Labute approximate surface area is 351 Å². The highest BCUT2D eigenvalue weighted by molar-refractivity contribution is 5.88. The number of H-pyrrole nitrogens is 2. The molecule has 4 saturated heterocycles. The van der Waals surface area contributed by atoms with E-state index >= 15 is 0 Å². The van der Waals surface area contributed by atoms with Crippen LogP contribution in [-0.2, 0) is 14.3 Å². The molecule has 11 heteroatoms. The van der Waals surface area contributed by atoms with E-state index in [1.165, 1.54) is 22.3 Å². The largest absolute Gasteiger partial charge is 0.485 e. The molecule has 11 nitrogen and oxygen atoms in total. The van der Waals surface area contributed by atoms with Gasteiger partial charge in [0.1, 0.15) is 35.8 Å². The Balaban J connectivity index is 0.918. The van der Waals surface area contributed by atoms with E-state index in [-0.39, 0.29) is 48.1 Å². The van der Waals surface area contributed by atoms with Crippen molar-refractivity contribution in [3.05, 3.63) is 113 Å². The van der Waals surface area contributed by atoms with E-state index in [4.69, 9.17) is 24.2 Å². The maximum Gasteiger partial charge on any atom is 0.252 e. The smallest absolute Gasteiger partial charge is 0.252 e. The predicted octanol–water partition coefficient (Wildman–Crippen LogP) is 8.74. The molecule has 60 heavy (non-hydrogen) atoms. The van der Waals surface area contributed by atoms with E-state index in [2.05, 4.69) is 94.6 Å². The monoisotopic (exact) mass is 806 g/mol. The van der Waals surface area contributed by atoms with Gasteiger partial charge in [0.25, 0.3) is 5.91 Å². The number of aliphatic hydroxyl groups is 1. The van der Waals surface area contributed by atoms with E-state index in [1.54, 1.807) is 0 Å². The molecular formula is C49H54N6O5. The summed E-state index contributed by atoms with van der Waals surface area (Å²) in [5.74, 6) is 3.10. The SMILES string of the molecule is CC1c2ccc(-c3cnc(C4CCCN4C(=O)C4CCCO4)[nH]3)cc2C=C2CC1C(c1ccccc1)Oc1cc(-c3cnc(C4CCCN4C(O)C4CCCO4)[nH]3)ccc12. The first-order chi connectivity index (χ1) is 29.5. The molecule has 0 spiro atoms. The van der Waals surface area contributed by atoms with E-state index in [0.29, 0.717) is 13.2 Å². The lowest BCUT2D eigenvalue weighted by Gasteiger charge is -2.31. The van der Waals surface area contributed by atoms with Crippen molar-refractivity contribution in [1.82, 2.24) is 29.7 Å². The maximum atomic E-state index is 13.4. The summed E-state index contributed by atoms with van der Waals surface area (Å²) in [6.07, 6.45) is 13.3. The normalized spacial score (nSPS) is 28.1. The number of rotatable bonds is 8. The fraction of sp³-hybridized carbons (Fsp3) is 0.449. The highest BCUT2D eigenvalue weighted by Crippen LogP contribution is 2.52. The van der Waals surface area contributed by atoms with Crippen molar-refractivity contribution in [2.45, 2.75) is 107 Å². The van der Waals surface area contributed by atoms with Gasteiger partial charge in [-0.15, -0.1) is 0 Å². The Kier molecular flexibility index (Phi) is 9.95. The van der Waals surface area contributed by atoms with Gasteiger partial charge in [-0.25, -0.2) is 9.97 Å².